The summed E-state index contributed by atoms with van der Waals surface area (Å²) in [4.78, 5) is 2.24. The lowest BCUT2D eigenvalue weighted by molar-refractivity contribution is 0.0563. The number of nitriles is 1. The molecule has 1 aromatic carbocycles. The molecule has 0 aliphatic carbocycles. The molecule has 0 radical (unpaired) electrons. The van der Waals surface area contributed by atoms with Crippen LogP contribution in [0.4, 0.5) is 0 Å². The number of benzene rings is 1. The van der Waals surface area contributed by atoms with E-state index in [1.54, 1.807) is 24.3 Å². The Morgan fingerprint density at radius 2 is 1.95 bits per heavy atom. The van der Waals surface area contributed by atoms with E-state index in [9.17, 15) is 5.11 Å². The molecule has 0 saturated carbocycles. The van der Waals surface area contributed by atoms with Crippen LogP contribution in [0.3, 0.4) is 0 Å². The molecule has 0 saturated heterocycles. The second kappa shape index (κ2) is 8.57. The molecule has 1 rings (SSSR count). The van der Waals surface area contributed by atoms with Gasteiger partial charge < -0.3 is 9.84 Å². The average Bonchev–Trinajstić information content (AvgIpc) is 2.50. The summed E-state index contributed by atoms with van der Waals surface area (Å²) in [6.07, 6.45) is 0.552. The van der Waals surface area contributed by atoms with Crippen LogP contribution in [-0.4, -0.2) is 41.8 Å². The maximum absolute atomic E-state index is 10.0. The van der Waals surface area contributed by atoms with Crippen LogP contribution in [0.2, 0.25) is 0 Å². The first-order valence-electron chi connectivity index (χ1n) is 7.15. The number of likely N-dealkylation sites (N-methyl/N-ethyl adjacent to an activating group) is 1. The number of nitrogens with zero attached hydrogens (tertiary/aromatic N) is 2. The standard InChI is InChI=1S/C16H24N2O2/c1-4-13(3)18(5-2)11-15(19)12-20-16-8-6-14(10-17)7-9-16/h6-9,13,15,19H,4-5,11-12H2,1-3H3. The van der Waals surface area contributed by atoms with Crippen molar-refractivity contribution in [2.24, 2.45) is 0 Å². The van der Waals surface area contributed by atoms with Crippen molar-refractivity contribution >= 4 is 0 Å². The Bertz CT molecular complexity index is 425. The molecule has 1 aromatic rings. The van der Waals surface area contributed by atoms with Gasteiger partial charge in [0.1, 0.15) is 18.5 Å². The summed E-state index contributed by atoms with van der Waals surface area (Å²) in [7, 11) is 0. The largest absolute Gasteiger partial charge is 0.491 e. The molecule has 0 amide bonds. The van der Waals surface area contributed by atoms with Gasteiger partial charge in [0.15, 0.2) is 0 Å². The van der Waals surface area contributed by atoms with Crippen LogP contribution in [0.1, 0.15) is 32.8 Å². The van der Waals surface area contributed by atoms with Crippen LogP contribution in [0.5, 0.6) is 5.75 Å². The maximum atomic E-state index is 10.0. The van der Waals surface area contributed by atoms with E-state index >= 15 is 0 Å². The molecule has 0 aliphatic rings. The lowest BCUT2D eigenvalue weighted by Crippen LogP contribution is -2.40. The summed E-state index contributed by atoms with van der Waals surface area (Å²) in [6, 6.07) is 9.43. The zero-order valence-electron chi connectivity index (χ0n) is 12.5. The molecule has 0 bridgehead atoms. The summed E-state index contributed by atoms with van der Waals surface area (Å²) in [5, 5.41) is 18.8. The minimum absolute atomic E-state index is 0.263. The molecule has 0 fully saturated rings. The van der Waals surface area contributed by atoms with Gasteiger partial charge in [-0.2, -0.15) is 5.26 Å². The van der Waals surface area contributed by atoms with Crippen LogP contribution >= 0.6 is 0 Å². The quantitative estimate of drug-likeness (QED) is 0.792. The van der Waals surface area contributed by atoms with Crippen molar-refractivity contribution in [2.75, 3.05) is 19.7 Å². The smallest absolute Gasteiger partial charge is 0.119 e. The molecular weight excluding hydrogens is 252 g/mol. The number of rotatable bonds is 8. The summed E-state index contributed by atoms with van der Waals surface area (Å²) < 4.78 is 5.54. The number of hydrogen-bond donors (Lipinski definition) is 1. The zero-order chi connectivity index (χ0) is 15.0. The van der Waals surface area contributed by atoms with E-state index in [0.717, 1.165) is 13.0 Å². The normalized spacial score (nSPS) is 13.8. The molecule has 2 atom stereocenters. The molecule has 2 unspecified atom stereocenters. The molecule has 20 heavy (non-hydrogen) atoms. The lowest BCUT2D eigenvalue weighted by atomic mass is 10.2. The van der Waals surface area contributed by atoms with Gasteiger partial charge >= 0.3 is 0 Å². The van der Waals surface area contributed by atoms with Crippen LogP contribution in [-0.2, 0) is 0 Å². The monoisotopic (exact) mass is 276 g/mol. The average molecular weight is 276 g/mol. The Hall–Kier alpha value is -1.57. The second-order valence-corrected chi connectivity index (χ2v) is 4.95. The highest BCUT2D eigenvalue weighted by Crippen LogP contribution is 2.12. The number of hydrogen-bond acceptors (Lipinski definition) is 4. The molecule has 110 valence electrons. The van der Waals surface area contributed by atoms with E-state index < -0.39 is 6.10 Å². The zero-order valence-corrected chi connectivity index (χ0v) is 12.5. The third kappa shape index (κ3) is 5.20. The third-order valence-corrected chi connectivity index (χ3v) is 3.49. The Labute approximate surface area is 121 Å². The molecule has 0 aliphatic heterocycles. The summed E-state index contributed by atoms with van der Waals surface area (Å²) >= 11 is 0. The van der Waals surface area contributed by atoms with Crippen LogP contribution in [0, 0.1) is 11.3 Å². The third-order valence-electron chi connectivity index (χ3n) is 3.49. The molecule has 1 N–H and O–H groups in total. The van der Waals surface area contributed by atoms with Gasteiger partial charge in [-0.15, -0.1) is 0 Å². The van der Waals surface area contributed by atoms with Crippen molar-refractivity contribution in [3.8, 4) is 11.8 Å². The predicted molar refractivity (Wildman–Crippen MR) is 79.7 cm³/mol. The highest BCUT2D eigenvalue weighted by atomic mass is 16.5. The molecular formula is C16H24N2O2. The van der Waals surface area contributed by atoms with Crippen LogP contribution in [0.25, 0.3) is 0 Å². The molecule has 0 heterocycles. The lowest BCUT2D eigenvalue weighted by Gasteiger charge is -2.29. The van der Waals surface area contributed by atoms with E-state index in [2.05, 4.69) is 31.7 Å². The van der Waals surface area contributed by atoms with Crippen molar-refractivity contribution in [3.05, 3.63) is 29.8 Å². The first-order chi connectivity index (χ1) is 9.60. The fraction of sp³-hybridized carbons (Fsp3) is 0.562. The topological polar surface area (TPSA) is 56.5 Å². The van der Waals surface area contributed by atoms with Crippen molar-refractivity contribution in [2.45, 2.75) is 39.3 Å². The molecule has 0 aromatic heterocycles. The van der Waals surface area contributed by atoms with Gasteiger partial charge in [0.2, 0.25) is 0 Å². The first-order valence-corrected chi connectivity index (χ1v) is 7.15. The van der Waals surface area contributed by atoms with Crippen LogP contribution < -0.4 is 4.74 Å². The van der Waals surface area contributed by atoms with Gasteiger partial charge in [-0.25, -0.2) is 0 Å². The number of aliphatic hydroxyl groups excluding tert-OH is 1. The van der Waals surface area contributed by atoms with Gasteiger partial charge in [-0.3, -0.25) is 4.90 Å². The second-order valence-electron chi connectivity index (χ2n) is 4.95. The van der Waals surface area contributed by atoms with Gasteiger partial charge in [0.25, 0.3) is 0 Å². The molecule has 0 spiro atoms. The fourth-order valence-electron chi connectivity index (χ4n) is 2.02. The first kappa shape index (κ1) is 16.5. The van der Waals surface area contributed by atoms with Crippen molar-refractivity contribution < 1.29 is 9.84 Å². The molecule has 4 nitrogen and oxygen atoms in total. The highest BCUT2D eigenvalue weighted by Gasteiger charge is 2.15. The fourth-order valence-corrected chi connectivity index (χ4v) is 2.02. The minimum Gasteiger partial charge on any atom is -0.491 e. The van der Waals surface area contributed by atoms with E-state index in [-0.39, 0.29) is 6.61 Å². The summed E-state index contributed by atoms with van der Waals surface area (Å²) in [5.74, 6) is 0.676. The van der Waals surface area contributed by atoms with Crippen molar-refractivity contribution in [1.29, 1.82) is 5.26 Å². The van der Waals surface area contributed by atoms with Gasteiger partial charge in [0, 0.05) is 12.6 Å². The maximum Gasteiger partial charge on any atom is 0.119 e. The van der Waals surface area contributed by atoms with E-state index in [4.69, 9.17) is 10.00 Å². The predicted octanol–water partition coefficient (Wildman–Crippen LogP) is 2.42. The van der Waals surface area contributed by atoms with Crippen LogP contribution in [0.15, 0.2) is 24.3 Å². The van der Waals surface area contributed by atoms with Gasteiger partial charge in [-0.1, -0.05) is 13.8 Å². The summed E-state index contributed by atoms with van der Waals surface area (Å²) in [6.45, 7) is 8.20. The van der Waals surface area contributed by atoms with E-state index in [1.807, 2.05) is 0 Å². The highest BCUT2D eigenvalue weighted by molar-refractivity contribution is 5.34. The minimum atomic E-state index is -0.514. The van der Waals surface area contributed by atoms with E-state index in [0.29, 0.717) is 23.9 Å². The number of aliphatic hydroxyl groups is 1. The van der Waals surface area contributed by atoms with Crippen molar-refractivity contribution in [3.63, 3.8) is 0 Å². The van der Waals surface area contributed by atoms with Gasteiger partial charge in [0.05, 0.1) is 11.6 Å². The van der Waals surface area contributed by atoms with Gasteiger partial charge in [-0.05, 0) is 44.2 Å². The summed E-state index contributed by atoms with van der Waals surface area (Å²) in [5.41, 5.74) is 0.604. The Morgan fingerprint density at radius 3 is 2.45 bits per heavy atom. The SMILES string of the molecule is CCC(C)N(CC)CC(O)COc1ccc(C#N)cc1. The Morgan fingerprint density at radius 1 is 1.30 bits per heavy atom. The van der Waals surface area contributed by atoms with E-state index in [1.165, 1.54) is 0 Å². The Kier molecular flexibility index (Phi) is 7.06. The number of ether oxygens (including phenoxy) is 1. The van der Waals surface area contributed by atoms with Crippen molar-refractivity contribution in [1.82, 2.24) is 4.90 Å². The molecule has 4 heteroatoms. The Balaban J connectivity index is 2.42.